The van der Waals surface area contributed by atoms with E-state index in [0.29, 0.717) is 25.9 Å². The molecule has 1 saturated heterocycles. The van der Waals surface area contributed by atoms with E-state index in [1.165, 1.54) is 4.31 Å². The van der Waals surface area contributed by atoms with Gasteiger partial charge in [0, 0.05) is 13.1 Å². The fraction of sp³-hybridized carbons (Fsp3) is 0.889. The van der Waals surface area contributed by atoms with E-state index in [1.54, 1.807) is 0 Å². The first-order chi connectivity index (χ1) is 7.88. The second-order valence-corrected chi connectivity index (χ2v) is 6.25. The van der Waals surface area contributed by atoms with E-state index in [4.69, 9.17) is 10.9 Å². The highest BCUT2D eigenvalue weighted by molar-refractivity contribution is 7.87. The van der Waals surface area contributed by atoms with Crippen LogP contribution in [-0.2, 0) is 10.2 Å². The Hall–Kier alpha value is -0.860. The Bertz CT molecular complexity index is 380. The number of amidine groups is 1. The fourth-order valence-electron chi connectivity index (χ4n) is 1.74. The molecule has 1 heterocycles. The zero-order chi connectivity index (χ0) is 13.1. The molecule has 0 spiro atoms. The van der Waals surface area contributed by atoms with Crippen molar-refractivity contribution in [1.29, 1.82) is 0 Å². The lowest BCUT2D eigenvalue weighted by Gasteiger charge is -2.23. The lowest BCUT2D eigenvalue weighted by molar-refractivity contribution is 0.311. The summed E-state index contributed by atoms with van der Waals surface area (Å²) in [5.41, 5.74) is 5.49. The van der Waals surface area contributed by atoms with Crippen molar-refractivity contribution in [1.82, 2.24) is 9.03 Å². The molecule has 0 aromatic heterocycles. The van der Waals surface area contributed by atoms with Crippen molar-refractivity contribution in [2.45, 2.75) is 32.7 Å². The summed E-state index contributed by atoms with van der Waals surface area (Å²) in [6, 6.07) is -0.537. The monoisotopic (exact) mass is 264 g/mol. The van der Waals surface area contributed by atoms with Gasteiger partial charge in [0.25, 0.3) is 10.2 Å². The molecule has 0 aromatic carbocycles. The summed E-state index contributed by atoms with van der Waals surface area (Å²) in [7, 11) is -3.55. The van der Waals surface area contributed by atoms with Crippen LogP contribution in [-0.4, -0.2) is 42.9 Å². The summed E-state index contributed by atoms with van der Waals surface area (Å²) in [5, 5.41) is 11.5. The topological polar surface area (TPSA) is 108 Å². The van der Waals surface area contributed by atoms with Crippen LogP contribution in [0.4, 0.5) is 0 Å². The Morgan fingerprint density at radius 3 is 2.82 bits per heavy atom. The lowest BCUT2D eigenvalue weighted by Crippen LogP contribution is -2.49. The van der Waals surface area contributed by atoms with Gasteiger partial charge >= 0.3 is 0 Å². The quantitative estimate of drug-likeness (QED) is 0.274. The van der Waals surface area contributed by atoms with Crippen LogP contribution >= 0.6 is 0 Å². The molecule has 0 radical (unpaired) electrons. The van der Waals surface area contributed by atoms with Gasteiger partial charge in [-0.25, -0.2) is 4.72 Å². The summed E-state index contributed by atoms with van der Waals surface area (Å²) in [6.45, 7) is 4.62. The normalized spacial score (nSPS) is 23.5. The molecular formula is C9H20N4O3S. The minimum atomic E-state index is -3.55. The van der Waals surface area contributed by atoms with E-state index in [1.807, 2.05) is 13.8 Å². The first-order valence-electron chi connectivity index (χ1n) is 5.62. The number of nitrogens with zero attached hydrogens (tertiary/aromatic N) is 2. The van der Waals surface area contributed by atoms with E-state index in [2.05, 4.69) is 9.88 Å². The molecule has 1 rings (SSSR count). The van der Waals surface area contributed by atoms with E-state index >= 15 is 0 Å². The van der Waals surface area contributed by atoms with Gasteiger partial charge in [0.2, 0.25) is 0 Å². The predicted octanol–water partition coefficient (Wildman–Crippen LogP) is -0.312. The molecule has 7 nitrogen and oxygen atoms in total. The van der Waals surface area contributed by atoms with Gasteiger partial charge in [-0.05, 0) is 18.8 Å². The molecule has 1 unspecified atom stereocenters. The number of hydrogen-bond acceptors (Lipinski definition) is 4. The molecule has 0 aromatic rings. The first-order valence-corrected chi connectivity index (χ1v) is 7.06. The van der Waals surface area contributed by atoms with Crippen molar-refractivity contribution in [3.8, 4) is 0 Å². The van der Waals surface area contributed by atoms with Gasteiger partial charge in [-0.2, -0.15) is 12.7 Å². The van der Waals surface area contributed by atoms with Crippen LogP contribution in [0.5, 0.6) is 0 Å². The number of oxime groups is 1. The zero-order valence-electron chi connectivity index (χ0n) is 10.1. The maximum Gasteiger partial charge on any atom is 0.280 e. The largest absolute Gasteiger partial charge is 0.409 e. The molecule has 1 fully saturated rings. The average molecular weight is 264 g/mol. The van der Waals surface area contributed by atoms with Gasteiger partial charge in [0.15, 0.2) is 5.84 Å². The molecule has 0 bridgehead atoms. The van der Waals surface area contributed by atoms with Crippen LogP contribution in [0.2, 0.25) is 0 Å². The summed E-state index contributed by atoms with van der Waals surface area (Å²) >= 11 is 0. The maximum absolute atomic E-state index is 12.0. The van der Waals surface area contributed by atoms with E-state index in [-0.39, 0.29) is 11.8 Å². The number of nitrogens with two attached hydrogens (primary N) is 1. The van der Waals surface area contributed by atoms with Gasteiger partial charge in [-0.3, -0.25) is 0 Å². The highest BCUT2D eigenvalue weighted by Gasteiger charge is 2.36. The lowest BCUT2D eigenvalue weighted by atomic mass is 10.2. The first kappa shape index (κ1) is 14.2. The molecule has 17 heavy (non-hydrogen) atoms. The third kappa shape index (κ3) is 3.55. The highest BCUT2D eigenvalue weighted by atomic mass is 32.2. The number of nitrogens with one attached hydrogen (secondary N) is 1. The molecule has 4 N–H and O–H groups in total. The molecule has 100 valence electrons. The Kier molecular flexibility index (Phi) is 4.72. The van der Waals surface area contributed by atoms with Crippen molar-refractivity contribution < 1.29 is 13.6 Å². The standard InChI is InChI=1S/C9H20N4O3S/c1-7(2)6-11-17(15,16)13-5-3-4-8(13)9(10)12-14/h7-8,11,14H,3-6H2,1-2H3,(H2,10,12). The molecule has 1 aliphatic heterocycles. The van der Waals surface area contributed by atoms with Crippen molar-refractivity contribution in [3.63, 3.8) is 0 Å². The Morgan fingerprint density at radius 1 is 1.65 bits per heavy atom. The van der Waals surface area contributed by atoms with Gasteiger partial charge in [-0.15, -0.1) is 0 Å². The van der Waals surface area contributed by atoms with Crippen LogP contribution in [0, 0.1) is 5.92 Å². The van der Waals surface area contributed by atoms with E-state index < -0.39 is 16.3 Å². The maximum atomic E-state index is 12.0. The predicted molar refractivity (Wildman–Crippen MR) is 64.9 cm³/mol. The smallest absolute Gasteiger partial charge is 0.280 e. The summed E-state index contributed by atoms with van der Waals surface area (Å²) in [4.78, 5) is 0. The molecule has 0 amide bonds. The van der Waals surface area contributed by atoms with Crippen molar-refractivity contribution in [3.05, 3.63) is 0 Å². The van der Waals surface area contributed by atoms with Gasteiger partial charge in [0.1, 0.15) is 0 Å². The van der Waals surface area contributed by atoms with Crippen LogP contribution in [0.1, 0.15) is 26.7 Å². The van der Waals surface area contributed by atoms with Crippen LogP contribution in [0.15, 0.2) is 5.16 Å². The minimum Gasteiger partial charge on any atom is -0.409 e. The number of rotatable bonds is 5. The van der Waals surface area contributed by atoms with Crippen molar-refractivity contribution in [2.75, 3.05) is 13.1 Å². The van der Waals surface area contributed by atoms with Gasteiger partial charge < -0.3 is 10.9 Å². The minimum absolute atomic E-state index is 0.0579. The molecule has 1 atom stereocenters. The second-order valence-electron chi connectivity index (χ2n) is 4.54. The fourth-order valence-corrected chi connectivity index (χ4v) is 3.37. The highest BCUT2D eigenvalue weighted by Crippen LogP contribution is 2.20. The van der Waals surface area contributed by atoms with Crippen molar-refractivity contribution in [2.24, 2.45) is 16.8 Å². The Morgan fingerprint density at radius 2 is 2.29 bits per heavy atom. The zero-order valence-corrected chi connectivity index (χ0v) is 10.9. The van der Waals surface area contributed by atoms with Crippen LogP contribution in [0.3, 0.4) is 0 Å². The molecular weight excluding hydrogens is 244 g/mol. The second kappa shape index (κ2) is 5.65. The van der Waals surface area contributed by atoms with E-state index in [0.717, 1.165) is 0 Å². The van der Waals surface area contributed by atoms with Crippen LogP contribution < -0.4 is 10.5 Å². The Balaban J connectivity index is 2.76. The molecule has 0 aliphatic carbocycles. The summed E-state index contributed by atoms with van der Waals surface area (Å²) in [6.07, 6.45) is 1.29. The summed E-state index contributed by atoms with van der Waals surface area (Å²) < 4.78 is 27.8. The molecule has 0 saturated carbocycles. The van der Waals surface area contributed by atoms with Crippen molar-refractivity contribution >= 4 is 16.0 Å². The molecule has 1 aliphatic rings. The number of hydrogen-bond donors (Lipinski definition) is 3. The van der Waals surface area contributed by atoms with Gasteiger partial charge in [0.05, 0.1) is 6.04 Å². The van der Waals surface area contributed by atoms with E-state index in [9.17, 15) is 8.42 Å². The third-order valence-corrected chi connectivity index (χ3v) is 4.23. The summed E-state index contributed by atoms with van der Waals surface area (Å²) in [5.74, 6) is 0.173. The molecule has 8 heteroatoms. The van der Waals surface area contributed by atoms with Gasteiger partial charge in [-0.1, -0.05) is 19.0 Å². The average Bonchev–Trinajstić information content (AvgIpc) is 2.75. The Labute approximate surface area is 102 Å². The SMILES string of the molecule is CC(C)CNS(=O)(=O)N1CCCC1C(N)=NO. The third-order valence-electron chi connectivity index (χ3n) is 2.64. The van der Waals surface area contributed by atoms with Crippen LogP contribution in [0.25, 0.3) is 0 Å².